The Bertz CT molecular complexity index is 990. The van der Waals surface area contributed by atoms with Crippen LogP contribution in [-0.4, -0.2) is 25.9 Å². The molecule has 0 bridgehead atoms. The van der Waals surface area contributed by atoms with Crippen LogP contribution in [0.15, 0.2) is 28.7 Å². The first-order valence-electron chi connectivity index (χ1n) is 9.05. The van der Waals surface area contributed by atoms with Gasteiger partial charge in [0.15, 0.2) is 5.65 Å². The third-order valence-electron chi connectivity index (χ3n) is 5.27. The number of rotatable bonds is 5. The van der Waals surface area contributed by atoms with E-state index in [0.717, 1.165) is 35.3 Å². The van der Waals surface area contributed by atoms with E-state index in [1.807, 2.05) is 17.0 Å². The molecule has 0 amide bonds. The fraction of sp³-hybridized carbons (Fsp3) is 0.500. The molecule has 2 aliphatic carbocycles. The Kier molecular flexibility index (Phi) is 3.50. The summed E-state index contributed by atoms with van der Waals surface area (Å²) in [6.45, 7) is 2.67. The van der Waals surface area contributed by atoms with E-state index in [1.165, 1.54) is 6.07 Å². The van der Waals surface area contributed by atoms with Crippen molar-refractivity contribution in [1.82, 2.24) is 19.8 Å². The van der Waals surface area contributed by atoms with Gasteiger partial charge in [-0.2, -0.15) is 17.7 Å². The first-order chi connectivity index (χ1) is 12.9. The first kappa shape index (κ1) is 16.6. The summed E-state index contributed by atoms with van der Waals surface area (Å²) in [7, 11) is 0. The van der Waals surface area contributed by atoms with Gasteiger partial charge in [-0.1, -0.05) is 6.92 Å². The molecule has 0 spiro atoms. The molecule has 6 nitrogen and oxygen atoms in total. The molecule has 0 aromatic carbocycles. The maximum atomic E-state index is 13.1. The molecule has 9 heteroatoms. The summed E-state index contributed by atoms with van der Waals surface area (Å²) in [5, 5.41) is 11.0. The Labute approximate surface area is 153 Å². The topological polar surface area (TPSA) is 59.5 Å². The Hall–Kier alpha value is -2.58. The van der Waals surface area contributed by atoms with Crippen LogP contribution in [0.4, 0.5) is 19.0 Å². The zero-order valence-corrected chi connectivity index (χ0v) is 14.6. The van der Waals surface area contributed by atoms with Crippen molar-refractivity contribution >= 4 is 11.5 Å². The number of hydrogen-bond donors (Lipinski definition) is 0. The van der Waals surface area contributed by atoms with E-state index in [2.05, 4.69) is 22.2 Å². The molecule has 142 valence electrons. The normalized spacial score (nSPS) is 22.4. The molecular weight excluding hydrogens is 359 g/mol. The van der Waals surface area contributed by atoms with Crippen LogP contribution in [0, 0.1) is 5.92 Å². The summed E-state index contributed by atoms with van der Waals surface area (Å²) in [6.07, 6.45) is -1.49. The number of hydrogen-bond acceptors (Lipinski definition) is 5. The number of aromatic nitrogens is 4. The lowest BCUT2D eigenvalue weighted by Crippen LogP contribution is -2.26. The van der Waals surface area contributed by atoms with Gasteiger partial charge in [-0.3, -0.25) is 0 Å². The fourth-order valence-corrected chi connectivity index (χ4v) is 3.46. The van der Waals surface area contributed by atoms with Crippen LogP contribution in [0.1, 0.15) is 49.4 Å². The average molecular weight is 377 g/mol. The zero-order valence-electron chi connectivity index (χ0n) is 14.6. The van der Waals surface area contributed by atoms with E-state index in [0.29, 0.717) is 24.2 Å². The highest BCUT2D eigenvalue weighted by molar-refractivity contribution is 5.47. The maximum Gasteiger partial charge on any atom is 0.453 e. The summed E-state index contributed by atoms with van der Waals surface area (Å²) in [6, 6.07) is 7.42. The van der Waals surface area contributed by atoms with E-state index in [4.69, 9.17) is 4.42 Å². The molecule has 0 N–H and O–H groups in total. The Morgan fingerprint density at radius 1 is 1.19 bits per heavy atom. The molecule has 2 aliphatic rings. The molecule has 0 unspecified atom stereocenters. The van der Waals surface area contributed by atoms with E-state index in [1.54, 1.807) is 6.07 Å². The van der Waals surface area contributed by atoms with E-state index in [-0.39, 0.29) is 11.7 Å². The number of furan rings is 1. The highest BCUT2D eigenvalue weighted by Crippen LogP contribution is 2.47. The molecule has 2 fully saturated rings. The van der Waals surface area contributed by atoms with E-state index < -0.39 is 12.0 Å². The molecule has 0 saturated heterocycles. The molecule has 27 heavy (non-hydrogen) atoms. The molecule has 2 atom stereocenters. The minimum atomic E-state index is -4.60. The largest absolute Gasteiger partial charge is 0.464 e. The van der Waals surface area contributed by atoms with Crippen molar-refractivity contribution in [2.75, 3.05) is 4.90 Å². The minimum absolute atomic E-state index is 0.0739. The standard InChI is InChI=1S/C18H18F3N5O/c1-10-8-13(10)14-5-4-12(27-14)9-25(11-2-3-11)16-7-6-15-22-23-17(18(19,20)21)26(15)24-16/h4-7,10-11,13H,2-3,8-9H2,1H3/t10-,13+/m1/s1. The zero-order chi connectivity index (χ0) is 18.8. The van der Waals surface area contributed by atoms with Crippen molar-refractivity contribution < 1.29 is 17.6 Å². The van der Waals surface area contributed by atoms with Gasteiger partial charge in [0.2, 0.25) is 0 Å². The quantitative estimate of drug-likeness (QED) is 0.672. The fourth-order valence-electron chi connectivity index (χ4n) is 3.46. The molecule has 3 aromatic rings. The van der Waals surface area contributed by atoms with Gasteiger partial charge in [-0.15, -0.1) is 15.3 Å². The number of anilines is 1. The summed E-state index contributed by atoms with van der Waals surface area (Å²) in [4.78, 5) is 2.00. The lowest BCUT2D eigenvalue weighted by atomic mass is 10.3. The Balaban J connectivity index is 1.46. The van der Waals surface area contributed by atoms with Crippen molar-refractivity contribution in [3.05, 3.63) is 41.6 Å². The third kappa shape index (κ3) is 3.04. The number of halogens is 3. The van der Waals surface area contributed by atoms with Crippen molar-refractivity contribution in [2.45, 2.75) is 50.9 Å². The molecule has 3 aromatic heterocycles. The average Bonchev–Trinajstić information content (AvgIpc) is 3.49. The van der Waals surface area contributed by atoms with Crippen LogP contribution >= 0.6 is 0 Å². The van der Waals surface area contributed by atoms with Crippen LogP contribution in [0.3, 0.4) is 0 Å². The van der Waals surface area contributed by atoms with Gasteiger partial charge < -0.3 is 9.32 Å². The SMILES string of the molecule is C[C@@H]1C[C@@H]1c1ccc(CN(c2ccc3nnc(C(F)(F)F)n3n2)C2CC2)o1. The third-order valence-corrected chi connectivity index (χ3v) is 5.27. The van der Waals surface area contributed by atoms with Crippen LogP contribution in [-0.2, 0) is 12.7 Å². The summed E-state index contributed by atoms with van der Waals surface area (Å²) in [5.74, 6) is 2.30. The van der Waals surface area contributed by atoms with Crippen LogP contribution in [0.5, 0.6) is 0 Å². The van der Waals surface area contributed by atoms with Crippen molar-refractivity contribution in [1.29, 1.82) is 0 Å². The van der Waals surface area contributed by atoms with Crippen LogP contribution < -0.4 is 4.90 Å². The Morgan fingerprint density at radius 2 is 1.96 bits per heavy atom. The van der Waals surface area contributed by atoms with Crippen LogP contribution in [0.25, 0.3) is 5.65 Å². The van der Waals surface area contributed by atoms with Crippen molar-refractivity contribution in [3.8, 4) is 0 Å². The molecule has 5 rings (SSSR count). The summed E-state index contributed by atoms with van der Waals surface area (Å²) in [5.41, 5.74) is 0.0739. The highest BCUT2D eigenvalue weighted by atomic mass is 19.4. The van der Waals surface area contributed by atoms with Gasteiger partial charge in [0.25, 0.3) is 5.82 Å². The molecule has 2 saturated carbocycles. The van der Waals surface area contributed by atoms with Gasteiger partial charge in [-0.25, -0.2) is 0 Å². The van der Waals surface area contributed by atoms with Gasteiger partial charge in [-0.05, 0) is 49.4 Å². The second-order valence-corrected chi connectivity index (χ2v) is 7.47. The Morgan fingerprint density at radius 3 is 2.63 bits per heavy atom. The lowest BCUT2D eigenvalue weighted by Gasteiger charge is -2.22. The van der Waals surface area contributed by atoms with Crippen molar-refractivity contribution in [3.63, 3.8) is 0 Å². The van der Waals surface area contributed by atoms with Crippen molar-refractivity contribution in [2.24, 2.45) is 5.92 Å². The lowest BCUT2D eigenvalue weighted by molar-refractivity contribution is -0.146. The summed E-state index contributed by atoms with van der Waals surface area (Å²) >= 11 is 0. The van der Waals surface area contributed by atoms with Gasteiger partial charge in [0, 0.05) is 12.0 Å². The highest BCUT2D eigenvalue weighted by Gasteiger charge is 2.39. The monoisotopic (exact) mass is 377 g/mol. The second kappa shape index (κ2) is 5.71. The smallest absolute Gasteiger partial charge is 0.453 e. The molecule has 0 radical (unpaired) electrons. The van der Waals surface area contributed by atoms with E-state index >= 15 is 0 Å². The molecule has 0 aliphatic heterocycles. The van der Waals surface area contributed by atoms with Gasteiger partial charge in [0.1, 0.15) is 17.3 Å². The molecular formula is C18H18F3N5O. The maximum absolute atomic E-state index is 13.1. The predicted molar refractivity (Wildman–Crippen MR) is 90.2 cm³/mol. The van der Waals surface area contributed by atoms with Crippen LogP contribution in [0.2, 0.25) is 0 Å². The summed E-state index contributed by atoms with van der Waals surface area (Å²) < 4.78 is 46.1. The predicted octanol–water partition coefficient (Wildman–Crippen LogP) is 4.03. The van der Waals surface area contributed by atoms with E-state index in [9.17, 15) is 13.2 Å². The number of fused-ring (bicyclic) bond motifs is 1. The minimum Gasteiger partial charge on any atom is -0.464 e. The van der Waals surface area contributed by atoms with Gasteiger partial charge in [0.05, 0.1) is 6.54 Å². The number of alkyl halides is 3. The molecule has 3 heterocycles. The first-order valence-corrected chi connectivity index (χ1v) is 9.05. The number of nitrogens with zero attached hydrogens (tertiary/aromatic N) is 5. The van der Waals surface area contributed by atoms with Gasteiger partial charge >= 0.3 is 6.18 Å². The second-order valence-electron chi connectivity index (χ2n) is 7.47.